The van der Waals surface area contributed by atoms with Crippen LogP contribution in [0.4, 0.5) is 13.2 Å². The highest BCUT2D eigenvalue weighted by atomic mass is 19.4. The molecule has 0 amide bonds. The highest BCUT2D eigenvalue weighted by Gasteiger charge is 2.39. The van der Waals surface area contributed by atoms with Gasteiger partial charge in [-0.2, -0.15) is 17.9 Å². The minimum absolute atomic E-state index is 0.428. The Kier molecular flexibility index (Phi) is 9.09. The first kappa shape index (κ1) is 30.7. The number of nitrogens with zero attached hydrogens (tertiary/aromatic N) is 6. The summed E-state index contributed by atoms with van der Waals surface area (Å²) in [7, 11) is 0. The second-order valence-electron chi connectivity index (χ2n) is 11.7. The molecule has 0 saturated carbocycles. The zero-order valence-electron chi connectivity index (χ0n) is 25.5. The number of para-hydroxylation sites is 1. The molecule has 1 aliphatic heterocycles. The third-order valence-corrected chi connectivity index (χ3v) is 8.77. The van der Waals surface area contributed by atoms with Gasteiger partial charge in [0, 0.05) is 38.6 Å². The van der Waals surface area contributed by atoms with E-state index in [4.69, 9.17) is 0 Å². The fraction of sp³-hybridized carbons (Fsp3) is 0.306. The summed E-state index contributed by atoms with van der Waals surface area (Å²) in [6.07, 6.45) is 2.52. The van der Waals surface area contributed by atoms with Crippen LogP contribution in [0.2, 0.25) is 0 Å². The van der Waals surface area contributed by atoms with Crippen molar-refractivity contribution in [1.82, 2.24) is 30.0 Å². The zero-order valence-corrected chi connectivity index (χ0v) is 25.5. The van der Waals surface area contributed by atoms with Gasteiger partial charge >= 0.3 is 6.18 Å². The van der Waals surface area contributed by atoms with Gasteiger partial charge in [-0.1, -0.05) is 103 Å². The SMILES string of the molecule is Cc1cccc(C)c1-n1nnnc1[C@H](C1C=C(C(F)(F)F)C=CC1)N1CCN(CC=C(c2ccccc2)c2ccccc2)CC1. The number of piperazine rings is 1. The molecule has 2 aliphatic rings. The van der Waals surface area contributed by atoms with Gasteiger partial charge in [0.1, 0.15) is 0 Å². The largest absolute Gasteiger partial charge is 0.416 e. The lowest BCUT2D eigenvalue weighted by atomic mass is 9.87. The highest BCUT2D eigenvalue weighted by molar-refractivity contribution is 5.79. The summed E-state index contributed by atoms with van der Waals surface area (Å²) in [5.41, 5.74) is 5.77. The third-order valence-electron chi connectivity index (χ3n) is 8.77. The molecule has 0 spiro atoms. The summed E-state index contributed by atoms with van der Waals surface area (Å²) in [4.78, 5) is 4.66. The van der Waals surface area contributed by atoms with E-state index in [0.29, 0.717) is 25.3 Å². The third kappa shape index (κ3) is 6.84. The van der Waals surface area contributed by atoms with Crippen molar-refractivity contribution in [2.75, 3.05) is 32.7 Å². The second-order valence-corrected chi connectivity index (χ2v) is 11.7. The molecule has 1 aromatic heterocycles. The van der Waals surface area contributed by atoms with Gasteiger partial charge in [-0.05, 0) is 58.5 Å². The molecule has 0 radical (unpaired) electrons. The fourth-order valence-corrected chi connectivity index (χ4v) is 6.50. The topological polar surface area (TPSA) is 50.1 Å². The molecule has 6 rings (SSSR count). The van der Waals surface area contributed by atoms with Gasteiger partial charge in [-0.3, -0.25) is 9.80 Å². The first-order valence-electron chi connectivity index (χ1n) is 15.4. The maximum atomic E-state index is 13.9. The van der Waals surface area contributed by atoms with Crippen molar-refractivity contribution in [1.29, 1.82) is 0 Å². The Balaban J connectivity index is 1.28. The van der Waals surface area contributed by atoms with E-state index in [2.05, 4.69) is 79.9 Å². The second kappa shape index (κ2) is 13.3. The van der Waals surface area contributed by atoms with Crippen molar-refractivity contribution in [2.24, 2.45) is 5.92 Å². The smallest absolute Gasteiger partial charge is 0.297 e. The number of benzene rings is 3. The maximum Gasteiger partial charge on any atom is 0.416 e. The molecule has 45 heavy (non-hydrogen) atoms. The normalized spacial score (nSPS) is 18.4. The first-order chi connectivity index (χ1) is 21.8. The van der Waals surface area contributed by atoms with Gasteiger partial charge < -0.3 is 0 Å². The summed E-state index contributed by atoms with van der Waals surface area (Å²) in [5, 5.41) is 12.9. The number of allylic oxidation sites excluding steroid dienone is 3. The molecule has 0 bridgehead atoms. The molecule has 1 unspecified atom stereocenters. The van der Waals surface area contributed by atoms with Crippen LogP contribution >= 0.6 is 0 Å². The Bertz CT molecular complexity index is 1620. The molecule has 232 valence electrons. The van der Waals surface area contributed by atoms with E-state index in [0.717, 1.165) is 36.4 Å². The van der Waals surface area contributed by atoms with E-state index in [1.54, 1.807) is 10.8 Å². The Morgan fingerprint density at radius 3 is 2.09 bits per heavy atom. The van der Waals surface area contributed by atoms with Crippen LogP contribution in [0.1, 0.15) is 40.5 Å². The maximum absolute atomic E-state index is 13.9. The molecule has 4 aromatic rings. The number of halogens is 3. The van der Waals surface area contributed by atoms with Crippen molar-refractivity contribution in [3.8, 4) is 5.69 Å². The van der Waals surface area contributed by atoms with Gasteiger partial charge in [0.25, 0.3) is 0 Å². The lowest BCUT2D eigenvalue weighted by molar-refractivity contribution is -0.0892. The molecule has 1 fully saturated rings. The van der Waals surface area contributed by atoms with Crippen molar-refractivity contribution in [3.05, 3.63) is 137 Å². The zero-order chi connectivity index (χ0) is 31.4. The highest BCUT2D eigenvalue weighted by Crippen LogP contribution is 2.39. The minimum atomic E-state index is -4.42. The molecule has 1 aliphatic carbocycles. The number of aryl methyl sites for hydroxylation is 2. The lowest BCUT2D eigenvalue weighted by Crippen LogP contribution is -2.49. The molecular formula is C36H37F3N6. The van der Waals surface area contributed by atoms with Gasteiger partial charge in [0.2, 0.25) is 0 Å². The van der Waals surface area contributed by atoms with Crippen molar-refractivity contribution < 1.29 is 13.2 Å². The standard InChI is InChI=1S/C36H37F3N6/c1-26-11-9-12-27(2)33(26)45-35(40-41-42-45)34(30-17-10-18-31(25-30)36(37,38)39)44-23-21-43(22-24-44)20-19-32(28-13-5-3-6-14-28)29-15-7-4-8-16-29/h3-16,18-19,25,30,34H,17,20-24H2,1-2H3/t30?,34-/m0/s1. The lowest BCUT2D eigenvalue weighted by Gasteiger charge is -2.41. The van der Waals surface area contributed by atoms with Gasteiger partial charge in [-0.25, -0.2) is 0 Å². The number of alkyl halides is 3. The van der Waals surface area contributed by atoms with Crippen LogP contribution in [-0.2, 0) is 0 Å². The Labute approximate surface area is 262 Å². The quantitative estimate of drug-likeness (QED) is 0.212. The van der Waals surface area contributed by atoms with E-state index in [1.807, 2.05) is 44.2 Å². The Hall–Kier alpha value is -4.34. The summed E-state index contributed by atoms with van der Waals surface area (Å²) in [5.74, 6) is 0.129. The van der Waals surface area contributed by atoms with Crippen LogP contribution in [0.3, 0.4) is 0 Å². The van der Waals surface area contributed by atoms with Crippen LogP contribution in [0.15, 0.2) is 109 Å². The predicted molar refractivity (Wildman–Crippen MR) is 171 cm³/mol. The number of rotatable bonds is 8. The average Bonchev–Trinajstić information content (AvgIpc) is 3.51. The van der Waals surface area contributed by atoms with Gasteiger partial charge in [-0.15, -0.1) is 5.10 Å². The Morgan fingerprint density at radius 2 is 1.49 bits per heavy atom. The number of hydrogen-bond acceptors (Lipinski definition) is 5. The fourth-order valence-electron chi connectivity index (χ4n) is 6.50. The monoisotopic (exact) mass is 610 g/mol. The Morgan fingerprint density at radius 1 is 0.867 bits per heavy atom. The first-order valence-corrected chi connectivity index (χ1v) is 15.4. The van der Waals surface area contributed by atoms with E-state index in [1.165, 1.54) is 28.9 Å². The molecule has 2 heterocycles. The van der Waals surface area contributed by atoms with Gasteiger partial charge in [0.05, 0.1) is 17.3 Å². The van der Waals surface area contributed by atoms with Crippen LogP contribution in [0.25, 0.3) is 11.3 Å². The average molecular weight is 611 g/mol. The van der Waals surface area contributed by atoms with Crippen LogP contribution in [0, 0.1) is 19.8 Å². The minimum Gasteiger partial charge on any atom is -0.297 e. The van der Waals surface area contributed by atoms with E-state index in [-0.39, 0.29) is 0 Å². The van der Waals surface area contributed by atoms with Crippen molar-refractivity contribution >= 4 is 5.57 Å². The predicted octanol–water partition coefficient (Wildman–Crippen LogP) is 7.13. The van der Waals surface area contributed by atoms with Crippen LogP contribution in [0.5, 0.6) is 0 Å². The molecule has 0 N–H and O–H groups in total. The van der Waals surface area contributed by atoms with Gasteiger partial charge in [0.15, 0.2) is 5.82 Å². The van der Waals surface area contributed by atoms with E-state index in [9.17, 15) is 13.2 Å². The molecular weight excluding hydrogens is 573 g/mol. The van der Waals surface area contributed by atoms with Crippen molar-refractivity contribution in [3.63, 3.8) is 0 Å². The molecule has 9 heteroatoms. The van der Waals surface area contributed by atoms with E-state index >= 15 is 0 Å². The number of hydrogen-bond donors (Lipinski definition) is 0. The number of tetrazole rings is 1. The van der Waals surface area contributed by atoms with Crippen LogP contribution < -0.4 is 0 Å². The molecule has 2 atom stereocenters. The summed E-state index contributed by atoms with van der Waals surface area (Å²) >= 11 is 0. The summed E-state index contributed by atoms with van der Waals surface area (Å²) in [6, 6.07) is 26.3. The molecule has 6 nitrogen and oxygen atoms in total. The van der Waals surface area contributed by atoms with Crippen LogP contribution in [-0.4, -0.2) is 68.9 Å². The number of aromatic nitrogens is 4. The van der Waals surface area contributed by atoms with E-state index < -0.39 is 23.7 Å². The molecule has 3 aromatic carbocycles. The summed E-state index contributed by atoms with van der Waals surface area (Å²) in [6.45, 7) is 7.67. The summed E-state index contributed by atoms with van der Waals surface area (Å²) < 4.78 is 43.3. The van der Waals surface area contributed by atoms with Crippen molar-refractivity contribution in [2.45, 2.75) is 32.5 Å². The molecule has 1 saturated heterocycles.